The molecule has 0 bridgehead atoms. The zero-order valence-corrected chi connectivity index (χ0v) is 7.91. The molecule has 15 heavy (non-hydrogen) atoms. The highest BCUT2D eigenvalue weighted by atomic mass is 19.3. The molecule has 0 aliphatic carbocycles. The second kappa shape index (κ2) is 3.89. The number of hydrogen-bond donors (Lipinski definition) is 2. The van der Waals surface area contributed by atoms with Gasteiger partial charge < -0.3 is 15.8 Å². The zero-order valence-electron chi connectivity index (χ0n) is 7.91. The maximum absolute atomic E-state index is 12.4. The van der Waals surface area contributed by atoms with E-state index < -0.39 is 16.9 Å². The number of alkyl halides is 2. The fourth-order valence-corrected chi connectivity index (χ4v) is 1.00. The molecule has 0 radical (unpaired) electrons. The lowest BCUT2D eigenvalue weighted by Gasteiger charge is -2.21. The largest absolute Gasteiger partial charge is 0.358 e. The van der Waals surface area contributed by atoms with Crippen LogP contribution in [0, 0.1) is 10.1 Å². The fourth-order valence-electron chi connectivity index (χ4n) is 1.00. The molecule has 0 aliphatic heterocycles. The van der Waals surface area contributed by atoms with Gasteiger partial charge in [0.2, 0.25) is 0 Å². The van der Waals surface area contributed by atoms with Crippen molar-refractivity contribution in [2.24, 2.45) is 5.73 Å². The monoisotopic (exact) mass is 220 g/mol. The van der Waals surface area contributed by atoms with Crippen LogP contribution in [0.15, 0.2) is 6.07 Å². The van der Waals surface area contributed by atoms with E-state index in [9.17, 15) is 18.9 Å². The van der Waals surface area contributed by atoms with Crippen molar-refractivity contribution in [3.8, 4) is 0 Å². The van der Waals surface area contributed by atoms with Gasteiger partial charge in [0.1, 0.15) is 0 Å². The first-order chi connectivity index (χ1) is 6.83. The molecular weight excluding hydrogens is 210 g/mol. The van der Waals surface area contributed by atoms with Gasteiger partial charge in [0.05, 0.1) is 17.3 Å². The Bertz CT molecular complexity index is 364. The summed E-state index contributed by atoms with van der Waals surface area (Å²) in [6.07, 6.45) is -2.94. The van der Waals surface area contributed by atoms with Gasteiger partial charge in [0.15, 0.2) is 0 Å². The average Bonchev–Trinajstić information content (AvgIpc) is 2.51. The molecule has 0 spiro atoms. The second-order valence-corrected chi connectivity index (χ2v) is 3.48. The minimum Gasteiger partial charge on any atom is -0.358 e. The molecule has 1 aromatic heterocycles. The van der Waals surface area contributed by atoms with Crippen molar-refractivity contribution in [1.82, 2.24) is 10.2 Å². The van der Waals surface area contributed by atoms with Gasteiger partial charge in [0, 0.05) is 6.42 Å². The first-order valence-corrected chi connectivity index (χ1v) is 4.08. The van der Waals surface area contributed by atoms with E-state index in [4.69, 9.17) is 5.73 Å². The molecule has 0 aliphatic rings. The van der Waals surface area contributed by atoms with Crippen LogP contribution < -0.4 is 5.73 Å². The molecule has 1 atom stereocenters. The van der Waals surface area contributed by atoms with Crippen LogP contribution >= 0.6 is 0 Å². The highest BCUT2D eigenvalue weighted by molar-refractivity contribution is 5.22. The molecule has 1 heterocycles. The molecule has 84 valence electrons. The van der Waals surface area contributed by atoms with Crippen molar-refractivity contribution in [2.75, 3.05) is 0 Å². The zero-order chi connectivity index (χ0) is 11.6. The summed E-state index contributed by atoms with van der Waals surface area (Å²) < 4.78 is 24.7. The minimum absolute atomic E-state index is 0.145. The predicted molar refractivity (Wildman–Crippen MR) is 47.5 cm³/mol. The second-order valence-electron chi connectivity index (χ2n) is 3.48. The maximum Gasteiger partial charge on any atom is 0.342 e. The van der Waals surface area contributed by atoms with Crippen LogP contribution in [0.25, 0.3) is 0 Å². The Labute approximate surface area is 83.6 Å². The number of rotatable bonds is 4. The van der Waals surface area contributed by atoms with Crippen LogP contribution in [0.5, 0.6) is 0 Å². The van der Waals surface area contributed by atoms with Gasteiger partial charge >= 0.3 is 5.82 Å². The summed E-state index contributed by atoms with van der Waals surface area (Å²) in [5.74, 6) is -0.338. The van der Waals surface area contributed by atoms with Gasteiger partial charge in [-0.3, -0.25) is 0 Å². The van der Waals surface area contributed by atoms with E-state index in [1.165, 1.54) is 0 Å². The van der Waals surface area contributed by atoms with Gasteiger partial charge in [-0.2, -0.15) is 0 Å². The Hall–Kier alpha value is -1.57. The summed E-state index contributed by atoms with van der Waals surface area (Å²) in [5.41, 5.74) is 3.72. The van der Waals surface area contributed by atoms with E-state index in [0.717, 1.165) is 13.0 Å². The molecule has 1 aromatic rings. The third-order valence-electron chi connectivity index (χ3n) is 1.87. The van der Waals surface area contributed by atoms with E-state index in [-0.39, 0.29) is 17.9 Å². The van der Waals surface area contributed by atoms with E-state index in [0.29, 0.717) is 0 Å². The number of H-pyrrole nitrogens is 1. The highest BCUT2D eigenvalue weighted by Crippen LogP contribution is 2.19. The van der Waals surface area contributed by atoms with Gasteiger partial charge in [-0.1, -0.05) is 5.10 Å². The number of aromatic nitrogens is 2. The number of nitrogens with two attached hydrogens (primary N) is 1. The number of nitro groups is 1. The highest BCUT2D eigenvalue weighted by Gasteiger charge is 2.32. The fraction of sp³-hybridized carbons (Fsp3) is 0.571. The van der Waals surface area contributed by atoms with Gasteiger partial charge in [-0.15, -0.1) is 5.10 Å². The number of halogens is 2. The third kappa shape index (κ3) is 2.69. The number of aromatic amines is 1. The normalized spacial score (nSPS) is 15.3. The summed E-state index contributed by atoms with van der Waals surface area (Å²) in [4.78, 5) is 9.58. The Morgan fingerprint density at radius 2 is 2.40 bits per heavy atom. The molecule has 0 saturated heterocycles. The number of nitrogens with one attached hydrogen (secondary N) is 1. The van der Waals surface area contributed by atoms with Crippen LogP contribution in [-0.2, 0) is 6.42 Å². The molecule has 3 N–H and O–H groups in total. The van der Waals surface area contributed by atoms with Crippen molar-refractivity contribution in [3.63, 3.8) is 0 Å². The summed E-state index contributed by atoms with van der Waals surface area (Å²) in [5, 5.41) is 15.9. The molecule has 1 unspecified atom stereocenters. The first kappa shape index (κ1) is 11.5. The third-order valence-corrected chi connectivity index (χ3v) is 1.87. The molecule has 1 rings (SSSR count). The van der Waals surface area contributed by atoms with E-state index in [2.05, 4.69) is 10.2 Å². The Morgan fingerprint density at radius 1 is 1.80 bits per heavy atom. The van der Waals surface area contributed by atoms with Crippen LogP contribution in [0.4, 0.5) is 14.6 Å². The molecule has 0 amide bonds. The SMILES string of the molecule is CC(N)(Cc1cc([N+](=O)[O-])[nH]n1)C(F)F. The minimum atomic E-state index is -2.71. The van der Waals surface area contributed by atoms with Crippen LogP contribution in [-0.4, -0.2) is 27.1 Å². The Kier molecular flexibility index (Phi) is 2.98. The molecule has 0 fully saturated rings. The molecule has 0 aromatic carbocycles. The van der Waals surface area contributed by atoms with Crippen LogP contribution in [0.3, 0.4) is 0 Å². The Morgan fingerprint density at radius 3 is 2.80 bits per heavy atom. The Balaban J connectivity index is 2.77. The topological polar surface area (TPSA) is 97.8 Å². The smallest absolute Gasteiger partial charge is 0.342 e. The molecule has 6 nitrogen and oxygen atoms in total. The lowest BCUT2D eigenvalue weighted by molar-refractivity contribution is -0.389. The summed E-state index contributed by atoms with van der Waals surface area (Å²) in [7, 11) is 0. The van der Waals surface area contributed by atoms with E-state index >= 15 is 0 Å². The van der Waals surface area contributed by atoms with Crippen molar-refractivity contribution in [1.29, 1.82) is 0 Å². The summed E-state index contributed by atoms with van der Waals surface area (Å²) >= 11 is 0. The van der Waals surface area contributed by atoms with Crippen molar-refractivity contribution < 1.29 is 13.7 Å². The van der Waals surface area contributed by atoms with Crippen molar-refractivity contribution in [3.05, 3.63) is 21.9 Å². The standard InChI is InChI=1S/C7H10F2N4O2/c1-7(10,6(8)9)3-4-2-5(12-11-4)13(14)15/h2,6H,3,10H2,1H3,(H,11,12). The van der Waals surface area contributed by atoms with Crippen LogP contribution in [0.2, 0.25) is 0 Å². The lowest BCUT2D eigenvalue weighted by atomic mass is 9.98. The van der Waals surface area contributed by atoms with Crippen molar-refractivity contribution >= 4 is 5.82 Å². The van der Waals surface area contributed by atoms with E-state index in [1.54, 1.807) is 0 Å². The van der Waals surface area contributed by atoms with Gasteiger partial charge in [-0.05, 0) is 11.8 Å². The van der Waals surface area contributed by atoms with Crippen molar-refractivity contribution in [2.45, 2.75) is 25.3 Å². The average molecular weight is 220 g/mol. The molecular formula is C7H10F2N4O2. The first-order valence-electron chi connectivity index (χ1n) is 4.08. The van der Waals surface area contributed by atoms with Gasteiger partial charge in [-0.25, -0.2) is 8.78 Å². The predicted octanol–water partition coefficient (Wildman–Crippen LogP) is 0.843. The summed E-state index contributed by atoms with van der Waals surface area (Å²) in [6.45, 7) is 1.16. The molecule has 0 saturated carbocycles. The summed E-state index contributed by atoms with van der Waals surface area (Å²) in [6, 6.07) is 1.09. The van der Waals surface area contributed by atoms with Gasteiger partial charge in [0.25, 0.3) is 6.43 Å². The maximum atomic E-state index is 12.4. The number of hydrogen-bond acceptors (Lipinski definition) is 4. The van der Waals surface area contributed by atoms with E-state index in [1.807, 2.05) is 0 Å². The lowest BCUT2D eigenvalue weighted by Crippen LogP contribution is -2.45. The molecule has 8 heteroatoms. The van der Waals surface area contributed by atoms with Crippen LogP contribution in [0.1, 0.15) is 12.6 Å². The number of nitrogens with zero attached hydrogens (tertiary/aromatic N) is 2. The quantitative estimate of drug-likeness (QED) is 0.580.